The van der Waals surface area contributed by atoms with Crippen LogP contribution in [0, 0.1) is 0 Å². The summed E-state index contributed by atoms with van der Waals surface area (Å²) in [7, 11) is 0. The zero-order chi connectivity index (χ0) is 66.7. The second-order valence-corrected chi connectivity index (χ2v) is 22.2. The number of esters is 3. The summed E-state index contributed by atoms with van der Waals surface area (Å²) in [5.74, 6) is -5.15. The van der Waals surface area contributed by atoms with Crippen LogP contribution in [0.25, 0.3) is 0 Å². The van der Waals surface area contributed by atoms with Gasteiger partial charge in [-0.1, -0.05) is 133 Å². The second-order valence-electron chi connectivity index (χ2n) is 22.2. The van der Waals surface area contributed by atoms with Crippen molar-refractivity contribution in [1.29, 1.82) is 0 Å². The monoisotopic (exact) mass is 1270 g/mol. The number of hydrogen-bond acceptors (Lipinski definition) is 16. The molecule has 22 heteroatoms. The van der Waals surface area contributed by atoms with E-state index in [9.17, 15) is 58.5 Å². The maximum absolute atomic E-state index is 13.3. The number of nitrogens with one attached hydrogen (secondary N) is 3. The average molecular weight is 1280 g/mol. The van der Waals surface area contributed by atoms with E-state index in [1.165, 1.54) is 20.3 Å². The number of ether oxygens (including phenoxy) is 4. The van der Waals surface area contributed by atoms with Crippen molar-refractivity contribution in [2.24, 2.45) is 0 Å². The number of nitrogens with zero attached hydrogens (tertiary/aromatic N) is 3. The number of hydrogen-bond donors (Lipinski definition) is 6. The largest absolute Gasteiger partial charge is 0.491 e. The van der Waals surface area contributed by atoms with E-state index >= 15 is 0 Å². The lowest BCUT2D eigenvalue weighted by Gasteiger charge is -2.27. The van der Waals surface area contributed by atoms with Gasteiger partial charge in [-0.05, 0) is 143 Å². The van der Waals surface area contributed by atoms with Crippen molar-refractivity contribution in [1.82, 2.24) is 16.0 Å². The minimum absolute atomic E-state index is 0.0293. The molecule has 6 aromatic rings. The Labute approximate surface area is 541 Å². The van der Waals surface area contributed by atoms with E-state index in [0.717, 1.165) is 35.1 Å². The van der Waals surface area contributed by atoms with Crippen LogP contribution in [0.1, 0.15) is 80.7 Å². The molecule has 0 saturated carbocycles. The minimum Gasteiger partial charge on any atom is -0.491 e. The molecule has 0 saturated heterocycles. The van der Waals surface area contributed by atoms with E-state index in [-0.39, 0.29) is 44.2 Å². The first-order chi connectivity index (χ1) is 45.0. The zero-order valence-electron chi connectivity index (χ0n) is 52.6. The fourth-order valence-corrected chi connectivity index (χ4v) is 11.3. The Hall–Kier alpha value is -9.77. The summed E-state index contributed by atoms with van der Waals surface area (Å²) in [6.45, 7) is 4.53. The number of amides is 3. The smallest absolute Gasteiger partial charge is 0.326 e. The van der Waals surface area contributed by atoms with Crippen LogP contribution in [0.3, 0.4) is 0 Å². The van der Waals surface area contributed by atoms with Crippen molar-refractivity contribution in [3.05, 3.63) is 192 Å². The molecule has 0 aliphatic carbocycles. The lowest BCUT2D eigenvalue weighted by atomic mass is 10.0. The van der Waals surface area contributed by atoms with Gasteiger partial charge in [0.05, 0.1) is 37.9 Å². The van der Waals surface area contributed by atoms with Crippen molar-refractivity contribution in [3.8, 4) is 5.75 Å². The van der Waals surface area contributed by atoms with E-state index in [4.69, 9.17) is 18.9 Å². The first-order valence-electron chi connectivity index (χ1n) is 31.3. The molecule has 0 radical (unpaired) electrons. The van der Waals surface area contributed by atoms with Crippen LogP contribution < -0.4 is 35.4 Å². The molecule has 3 aliphatic rings. The number of carbonyl (C=O) groups is 9. The maximum atomic E-state index is 13.3. The van der Waals surface area contributed by atoms with Gasteiger partial charge >= 0.3 is 35.8 Å². The van der Waals surface area contributed by atoms with Crippen LogP contribution in [0.2, 0.25) is 0 Å². The highest BCUT2D eigenvalue weighted by molar-refractivity contribution is 6.04. The quantitative estimate of drug-likeness (QED) is 0.0220. The molecular weight excluding hydrogens is 1190 g/mol. The van der Waals surface area contributed by atoms with Crippen LogP contribution in [-0.4, -0.2) is 151 Å². The van der Waals surface area contributed by atoms with Gasteiger partial charge in [-0.2, -0.15) is 0 Å². The molecule has 0 fully saturated rings. The second kappa shape index (κ2) is 36.3. The fourth-order valence-electron chi connectivity index (χ4n) is 11.3. The van der Waals surface area contributed by atoms with Crippen molar-refractivity contribution in [3.63, 3.8) is 0 Å². The molecule has 6 atom stereocenters. The number of para-hydroxylation sites is 4. The predicted molar refractivity (Wildman–Crippen MR) is 348 cm³/mol. The lowest BCUT2D eigenvalue weighted by Crippen LogP contribution is -2.54. The molecule has 93 heavy (non-hydrogen) atoms. The third-order valence-corrected chi connectivity index (χ3v) is 15.7. The Morgan fingerprint density at radius 2 is 0.774 bits per heavy atom. The Kier molecular flexibility index (Phi) is 27.6. The number of aryl methyl sites for hydroxylation is 4. The summed E-state index contributed by atoms with van der Waals surface area (Å²) in [5, 5.41) is 37.4. The molecule has 0 unspecified atom stereocenters. The summed E-state index contributed by atoms with van der Waals surface area (Å²) >= 11 is 0. The molecule has 3 amide bonds. The van der Waals surface area contributed by atoms with Gasteiger partial charge in [-0.15, -0.1) is 0 Å². The van der Waals surface area contributed by atoms with Crippen LogP contribution in [0.5, 0.6) is 5.75 Å². The topological polar surface area (TPSA) is 297 Å². The van der Waals surface area contributed by atoms with Crippen molar-refractivity contribution < 1.29 is 77.4 Å². The first kappa shape index (κ1) is 70.7. The van der Waals surface area contributed by atoms with Gasteiger partial charge < -0.3 is 34.3 Å². The minimum atomic E-state index is -1.11. The highest BCUT2D eigenvalue weighted by atomic mass is 16.5. The number of carboxylic acids is 3. The van der Waals surface area contributed by atoms with Gasteiger partial charge in [0.25, 0.3) is 0 Å². The van der Waals surface area contributed by atoms with Crippen molar-refractivity contribution in [2.45, 2.75) is 121 Å². The van der Waals surface area contributed by atoms with Crippen molar-refractivity contribution in [2.75, 3.05) is 60.8 Å². The number of carboxylic acid groups (broad SMARTS) is 3. The SMILES string of the molecule is CCOC(=O)[C@H](CCCc1ccccc1)N[C@H]1CCc2ccccc2N(CC(=O)O)C1=O.CCOC(=O)[C@H](COc1ccccc1)N[C@H]1CCc2ccccc2N(CC(=O)O)C1=O.CCOC(=O)[C@H](Cc1ccccc1)N[C@H]1CCc2ccccc2N(CC(=O)O)C1=O. The van der Waals surface area contributed by atoms with E-state index in [1.807, 2.05) is 115 Å². The molecule has 0 aromatic heterocycles. The van der Waals surface area contributed by atoms with Crippen LogP contribution in [-0.2, 0) is 89.5 Å². The summed E-state index contributed by atoms with van der Waals surface area (Å²) in [6, 6.07) is 46.0. The third kappa shape index (κ3) is 21.1. The molecule has 492 valence electrons. The number of fused-ring (bicyclic) bond motifs is 3. The third-order valence-electron chi connectivity index (χ3n) is 15.7. The summed E-state index contributed by atoms with van der Waals surface area (Å²) in [4.78, 5) is 116. The molecule has 3 aliphatic heterocycles. The van der Waals surface area contributed by atoms with Gasteiger partial charge in [-0.25, -0.2) is 0 Å². The molecule has 6 N–H and O–H groups in total. The molecule has 22 nitrogen and oxygen atoms in total. The van der Waals surface area contributed by atoms with E-state index in [0.29, 0.717) is 74.2 Å². The van der Waals surface area contributed by atoms with Gasteiger partial charge in [0.2, 0.25) is 17.7 Å². The lowest BCUT2D eigenvalue weighted by molar-refractivity contribution is -0.147. The molecule has 0 bridgehead atoms. The Bertz CT molecular complexity index is 3470. The zero-order valence-corrected chi connectivity index (χ0v) is 52.6. The highest BCUT2D eigenvalue weighted by Gasteiger charge is 2.38. The summed E-state index contributed by atoms with van der Waals surface area (Å²) in [6.07, 6.45) is 5.55. The normalized spacial score (nSPS) is 16.8. The highest BCUT2D eigenvalue weighted by Crippen LogP contribution is 2.30. The number of rotatable bonds is 27. The van der Waals surface area contributed by atoms with Gasteiger partial charge in [0.1, 0.15) is 50.1 Å². The molecular formula is C71H82N6O16. The summed E-state index contributed by atoms with van der Waals surface area (Å²) in [5.41, 5.74) is 6.63. The average Bonchev–Trinajstić information content (AvgIpc) is 1.75. The molecule has 9 rings (SSSR count). The predicted octanol–water partition coefficient (Wildman–Crippen LogP) is 7.17. The Balaban J connectivity index is 0.000000198. The Morgan fingerprint density at radius 1 is 0.441 bits per heavy atom. The fraction of sp³-hybridized carbons (Fsp3) is 0.366. The maximum Gasteiger partial charge on any atom is 0.326 e. The number of benzene rings is 6. The van der Waals surface area contributed by atoms with Gasteiger partial charge in [0, 0.05) is 17.1 Å². The first-order valence-corrected chi connectivity index (χ1v) is 31.3. The Morgan fingerprint density at radius 3 is 1.17 bits per heavy atom. The number of aliphatic carboxylic acids is 3. The molecule has 3 heterocycles. The standard InChI is InChI=1S/C25H30N2O5.C23H26N2O6.C23H26N2O5/c1-2-32-25(31)21(13-8-11-18-9-4-3-5-10-18)26-20-16-15-19-12-6-7-14-22(19)27(24(20)30)17-23(28)29;1-2-30-23(29)19(15-31-17-9-4-3-5-10-17)24-18-13-12-16-8-6-7-11-20(16)25(22(18)28)14-21(26)27;1-2-30-23(29)19(14-16-8-4-3-5-9-16)24-18-13-12-17-10-6-7-11-20(17)25(22(18)28)15-21(26)27/h3-7,9-10,12,14,20-21,26H,2,8,11,13,15-17H2,1H3,(H,28,29);3-11,18-19,24H,2,12-15H2,1H3,(H,26,27);3-11,18-19,24H,2,12-15H2,1H3,(H,26,27)/t20-,21-;2*18-,19-/m000/s1. The van der Waals surface area contributed by atoms with Crippen molar-refractivity contribution >= 4 is 70.6 Å². The number of anilines is 3. The van der Waals surface area contributed by atoms with E-state index < -0.39 is 91.6 Å². The number of carbonyl (C=O) groups excluding carboxylic acids is 6. The van der Waals surface area contributed by atoms with Gasteiger partial charge in [0.15, 0.2) is 0 Å². The molecule has 6 aromatic carbocycles. The van der Waals surface area contributed by atoms with Crippen LogP contribution in [0.4, 0.5) is 17.1 Å². The van der Waals surface area contributed by atoms with Crippen LogP contribution in [0.15, 0.2) is 164 Å². The van der Waals surface area contributed by atoms with Gasteiger partial charge in [-0.3, -0.25) is 73.8 Å². The summed E-state index contributed by atoms with van der Waals surface area (Å²) < 4.78 is 21.3. The van der Waals surface area contributed by atoms with E-state index in [2.05, 4.69) is 16.0 Å². The van der Waals surface area contributed by atoms with Crippen LogP contribution >= 0.6 is 0 Å². The van der Waals surface area contributed by atoms with E-state index in [1.54, 1.807) is 69.3 Å². The molecule has 0 spiro atoms.